The van der Waals surface area contributed by atoms with E-state index in [1.165, 1.54) is 34.1 Å². The monoisotopic (exact) mass is 415 g/mol. The SMILES string of the molecule is CS(=O)(=O)N1CC[C@]2(c3ccccc3)c3ccccc3C(c3ccccc3)=C[C@@H]2C1. The average Bonchev–Trinajstić information content (AvgIpc) is 2.78. The summed E-state index contributed by atoms with van der Waals surface area (Å²) in [7, 11) is -3.24. The van der Waals surface area contributed by atoms with Crippen molar-refractivity contribution < 1.29 is 8.42 Å². The van der Waals surface area contributed by atoms with E-state index < -0.39 is 10.0 Å². The van der Waals surface area contributed by atoms with Gasteiger partial charge in [0.15, 0.2) is 0 Å². The number of hydrogen-bond acceptors (Lipinski definition) is 2. The van der Waals surface area contributed by atoms with Crippen molar-refractivity contribution in [3.8, 4) is 0 Å². The van der Waals surface area contributed by atoms with Crippen LogP contribution in [0.5, 0.6) is 0 Å². The largest absolute Gasteiger partial charge is 0.213 e. The molecule has 0 bridgehead atoms. The van der Waals surface area contributed by atoms with Crippen LogP contribution in [0.1, 0.15) is 28.7 Å². The summed E-state index contributed by atoms with van der Waals surface area (Å²) in [4.78, 5) is 0. The minimum atomic E-state index is -3.24. The van der Waals surface area contributed by atoms with Gasteiger partial charge in [-0.3, -0.25) is 0 Å². The fourth-order valence-electron chi connectivity index (χ4n) is 5.30. The van der Waals surface area contributed by atoms with Gasteiger partial charge in [0.25, 0.3) is 0 Å². The van der Waals surface area contributed by atoms with E-state index in [0.717, 1.165) is 6.42 Å². The minimum Gasteiger partial charge on any atom is -0.213 e. The van der Waals surface area contributed by atoms with Crippen LogP contribution in [0, 0.1) is 5.92 Å². The van der Waals surface area contributed by atoms with Gasteiger partial charge >= 0.3 is 0 Å². The van der Waals surface area contributed by atoms with Gasteiger partial charge in [0, 0.05) is 24.4 Å². The molecule has 0 saturated carbocycles. The van der Waals surface area contributed by atoms with E-state index in [-0.39, 0.29) is 11.3 Å². The quantitative estimate of drug-likeness (QED) is 0.622. The van der Waals surface area contributed by atoms with Crippen molar-refractivity contribution in [1.29, 1.82) is 0 Å². The lowest BCUT2D eigenvalue weighted by atomic mass is 9.57. The number of nitrogens with zero attached hydrogens (tertiary/aromatic N) is 1. The summed E-state index contributed by atoms with van der Waals surface area (Å²) in [6.45, 7) is 1.03. The Morgan fingerprint density at radius 2 is 1.50 bits per heavy atom. The molecule has 3 nitrogen and oxygen atoms in total. The fourth-order valence-corrected chi connectivity index (χ4v) is 6.15. The summed E-state index contributed by atoms with van der Waals surface area (Å²) in [5.74, 6) is 0.0634. The maximum atomic E-state index is 12.4. The van der Waals surface area contributed by atoms with Gasteiger partial charge in [0.1, 0.15) is 0 Å². The molecule has 5 rings (SSSR count). The van der Waals surface area contributed by atoms with E-state index >= 15 is 0 Å². The molecule has 2 aliphatic rings. The first-order valence-corrected chi connectivity index (χ1v) is 12.2. The van der Waals surface area contributed by atoms with Crippen LogP contribution in [0.4, 0.5) is 0 Å². The van der Waals surface area contributed by atoms with Crippen molar-refractivity contribution in [2.45, 2.75) is 11.8 Å². The van der Waals surface area contributed by atoms with Gasteiger partial charge in [-0.2, -0.15) is 0 Å². The summed E-state index contributed by atoms with van der Waals surface area (Å²) in [5, 5.41) is 0. The molecule has 30 heavy (non-hydrogen) atoms. The summed E-state index contributed by atoms with van der Waals surface area (Å²) >= 11 is 0. The van der Waals surface area contributed by atoms with Crippen LogP contribution in [0.25, 0.3) is 5.57 Å². The number of hydrogen-bond donors (Lipinski definition) is 0. The second-order valence-corrected chi connectivity index (χ2v) is 10.3. The third-order valence-electron chi connectivity index (χ3n) is 6.70. The van der Waals surface area contributed by atoms with Gasteiger partial charge in [0.2, 0.25) is 10.0 Å². The summed E-state index contributed by atoms with van der Waals surface area (Å²) in [6.07, 6.45) is 4.41. The van der Waals surface area contributed by atoms with Crippen molar-refractivity contribution >= 4 is 15.6 Å². The lowest BCUT2D eigenvalue weighted by Gasteiger charge is -2.50. The summed E-state index contributed by atoms with van der Waals surface area (Å²) < 4.78 is 26.5. The van der Waals surface area contributed by atoms with Crippen LogP contribution in [-0.2, 0) is 15.4 Å². The lowest BCUT2D eigenvalue weighted by Crippen LogP contribution is -2.52. The second-order valence-electron chi connectivity index (χ2n) is 8.31. The van der Waals surface area contributed by atoms with Crippen LogP contribution in [0.3, 0.4) is 0 Å². The number of piperidine rings is 1. The molecule has 1 aliphatic carbocycles. The topological polar surface area (TPSA) is 37.4 Å². The molecule has 3 aromatic rings. The molecule has 0 amide bonds. The number of fused-ring (bicyclic) bond motifs is 3. The lowest BCUT2D eigenvalue weighted by molar-refractivity contribution is 0.209. The van der Waals surface area contributed by atoms with Crippen LogP contribution in [-0.4, -0.2) is 32.1 Å². The van der Waals surface area contributed by atoms with E-state index in [1.807, 2.05) is 12.1 Å². The Balaban J connectivity index is 1.76. The molecule has 1 fully saturated rings. The predicted molar refractivity (Wildman–Crippen MR) is 122 cm³/mol. The Labute approximate surface area is 178 Å². The maximum absolute atomic E-state index is 12.4. The first-order chi connectivity index (χ1) is 14.5. The predicted octanol–water partition coefficient (Wildman–Crippen LogP) is 4.70. The smallest absolute Gasteiger partial charge is 0.211 e. The molecule has 4 heteroatoms. The molecule has 0 unspecified atom stereocenters. The highest BCUT2D eigenvalue weighted by Gasteiger charge is 2.49. The Bertz CT molecular complexity index is 1200. The first-order valence-electron chi connectivity index (χ1n) is 10.4. The molecule has 0 aromatic heterocycles. The average molecular weight is 416 g/mol. The molecule has 0 N–H and O–H groups in total. The van der Waals surface area contributed by atoms with Crippen molar-refractivity contribution in [3.05, 3.63) is 113 Å². The Morgan fingerprint density at radius 1 is 0.867 bits per heavy atom. The normalized spacial score (nSPS) is 23.9. The van der Waals surface area contributed by atoms with Crippen molar-refractivity contribution in [1.82, 2.24) is 4.31 Å². The number of sulfonamides is 1. The van der Waals surface area contributed by atoms with Gasteiger partial charge in [-0.15, -0.1) is 0 Å². The zero-order chi connectivity index (χ0) is 20.8. The van der Waals surface area contributed by atoms with E-state index in [1.54, 1.807) is 4.31 Å². The Kier molecular flexibility index (Phi) is 4.64. The van der Waals surface area contributed by atoms with Crippen LogP contribution < -0.4 is 0 Å². The van der Waals surface area contributed by atoms with Gasteiger partial charge in [-0.1, -0.05) is 91.0 Å². The maximum Gasteiger partial charge on any atom is 0.211 e. The highest BCUT2D eigenvalue weighted by Crippen LogP contribution is 2.52. The second kappa shape index (κ2) is 7.22. The zero-order valence-electron chi connectivity index (χ0n) is 17.0. The molecular formula is C26H25NO2S. The Hall–Kier alpha value is -2.69. The fraction of sp³-hybridized carbons (Fsp3) is 0.231. The molecule has 1 heterocycles. The van der Waals surface area contributed by atoms with Crippen LogP contribution in [0.2, 0.25) is 0 Å². The van der Waals surface area contributed by atoms with E-state index in [2.05, 4.69) is 78.9 Å². The number of benzene rings is 3. The molecule has 2 atom stereocenters. The van der Waals surface area contributed by atoms with E-state index in [9.17, 15) is 8.42 Å². The third-order valence-corrected chi connectivity index (χ3v) is 7.97. The van der Waals surface area contributed by atoms with Crippen LogP contribution in [0.15, 0.2) is 91.0 Å². The Morgan fingerprint density at radius 3 is 2.20 bits per heavy atom. The molecule has 152 valence electrons. The van der Waals surface area contributed by atoms with Gasteiger partial charge in [-0.25, -0.2) is 12.7 Å². The van der Waals surface area contributed by atoms with Crippen molar-refractivity contribution in [2.75, 3.05) is 19.3 Å². The summed E-state index contributed by atoms with van der Waals surface area (Å²) in [5.41, 5.74) is 5.95. The molecule has 1 aliphatic heterocycles. The first kappa shape index (κ1) is 19.3. The highest BCUT2D eigenvalue weighted by atomic mass is 32.2. The van der Waals surface area contributed by atoms with Crippen LogP contribution >= 0.6 is 0 Å². The van der Waals surface area contributed by atoms with Crippen molar-refractivity contribution in [3.63, 3.8) is 0 Å². The molecule has 0 spiro atoms. The third kappa shape index (κ3) is 3.03. The van der Waals surface area contributed by atoms with E-state index in [4.69, 9.17) is 0 Å². The standard InChI is InChI=1S/C26H25NO2S/c1-30(28,29)27-17-16-26(21-12-6-3-7-13-21)22(19-27)18-24(20-10-4-2-5-11-20)23-14-8-9-15-25(23)26/h2-15,18,22H,16-17,19H2,1H3/t22-,26-/m1/s1. The molecule has 1 saturated heterocycles. The van der Waals surface area contributed by atoms with Gasteiger partial charge in [0.05, 0.1) is 6.26 Å². The molecule has 0 radical (unpaired) electrons. The zero-order valence-corrected chi connectivity index (χ0v) is 17.8. The molecular weight excluding hydrogens is 390 g/mol. The van der Waals surface area contributed by atoms with Crippen molar-refractivity contribution in [2.24, 2.45) is 5.92 Å². The minimum absolute atomic E-state index is 0.0634. The van der Waals surface area contributed by atoms with E-state index in [0.29, 0.717) is 13.1 Å². The highest BCUT2D eigenvalue weighted by molar-refractivity contribution is 7.88. The van der Waals surface area contributed by atoms with Gasteiger partial charge < -0.3 is 0 Å². The summed E-state index contributed by atoms with van der Waals surface area (Å²) in [6, 6.07) is 29.7. The van der Waals surface area contributed by atoms with Gasteiger partial charge in [-0.05, 0) is 34.2 Å². The molecule has 3 aromatic carbocycles. The number of rotatable bonds is 3.